The maximum absolute atomic E-state index is 13.2. The summed E-state index contributed by atoms with van der Waals surface area (Å²) in [6.45, 7) is 2.12. The molecule has 1 aromatic heterocycles. The van der Waals surface area contributed by atoms with Gasteiger partial charge in [-0.15, -0.1) is 0 Å². The number of benzene rings is 1. The lowest BCUT2D eigenvalue weighted by Gasteiger charge is -2.40. The Kier molecular flexibility index (Phi) is 4.17. The quantitative estimate of drug-likeness (QED) is 0.825. The molecule has 1 aliphatic heterocycles. The van der Waals surface area contributed by atoms with E-state index in [2.05, 4.69) is 0 Å². The summed E-state index contributed by atoms with van der Waals surface area (Å²) in [4.78, 5) is 26.1. The van der Waals surface area contributed by atoms with E-state index in [9.17, 15) is 18.4 Å². The van der Waals surface area contributed by atoms with E-state index in [-0.39, 0.29) is 30.2 Å². The number of fused-ring (bicyclic) bond motifs is 1. The fourth-order valence-electron chi connectivity index (χ4n) is 4.12. The maximum atomic E-state index is 13.2. The molecule has 6 heteroatoms. The number of anilines is 1. The molecule has 1 aliphatic carbocycles. The lowest BCUT2D eigenvalue weighted by Crippen LogP contribution is -2.46. The lowest BCUT2D eigenvalue weighted by atomic mass is 9.80. The normalized spacial score (nSPS) is 19.0. The van der Waals surface area contributed by atoms with Crippen molar-refractivity contribution < 1.29 is 13.6 Å². The van der Waals surface area contributed by atoms with E-state index < -0.39 is 5.92 Å². The van der Waals surface area contributed by atoms with Crippen molar-refractivity contribution in [1.29, 1.82) is 0 Å². The predicted octanol–water partition coefficient (Wildman–Crippen LogP) is 3.69. The molecule has 1 aromatic carbocycles. The van der Waals surface area contributed by atoms with Crippen LogP contribution in [0.15, 0.2) is 35.3 Å². The van der Waals surface area contributed by atoms with Crippen molar-refractivity contribution in [3.05, 3.63) is 51.9 Å². The van der Waals surface area contributed by atoms with Gasteiger partial charge in [0.2, 0.25) is 11.8 Å². The van der Waals surface area contributed by atoms with E-state index in [1.54, 1.807) is 29.6 Å². The average Bonchev–Trinajstić information content (AvgIpc) is 2.59. The zero-order valence-electron chi connectivity index (χ0n) is 15.5. The summed E-state index contributed by atoms with van der Waals surface area (Å²) in [6, 6.07) is 7.78. The highest BCUT2D eigenvalue weighted by molar-refractivity contribution is 5.97. The summed E-state index contributed by atoms with van der Waals surface area (Å²) < 4.78 is 27.9. The van der Waals surface area contributed by atoms with Crippen LogP contribution in [0.1, 0.15) is 30.4 Å². The number of nitrogens with zero attached hydrogens (tertiary/aromatic N) is 2. The van der Waals surface area contributed by atoms with Gasteiger partial charge in [0.05, 0.1) is 0 Å². The first-order chi connectivity index (χ1) is 12.7. The van der Waals surface area contributed by atoms with E-state index in [0.29, 0.717) is 24.9 Å². The van der Waals surface area contributed by atoms with Crippen LogP contribution in [0.25, 0.3) is 11.1 Å². The molecule has 1 saturated carbocycles. The van der Waals surface area contributed by atoms with Crippen molar-refractivity contribution in [1.82, 2.24) is 4.57 Å². The van der Waals surface area contributed by atoms with E-state index in [4.69, 9.17) is 0 Å². The van der Waals surface area contributed by atoms with Crippen LogP contribution in [0.4, 0.5) is 14.5 Å². The van der Waals surface area contributed by atoms with Crippen LogP contribution in [0, 0.1) is 12.8 Å². The standard InChI is InChI=1S/C21H22F2N2O2/c1-13-7-17(12-24(2)20(13)27)16-4-3-15-5-6-19(26)25(18(15)8-16)11-14-9-21(22,23)10-14/h3-4,7-8,12,14H,5-6,9-11H2,1-2H3. The Labute approximate surface area is 156 Å². The Morgan fingerprint density at radius 2 is 1.85 bits per heavy atom. The Hall–Kier alpha value is -2.50. The number of halogens is 2. The summed E-state index contributed by atoms with van der Waals surface area (Å²) in [7, 11) is 1.71. The third-order valence-corrected chi connectivity index (χ3v) is 5.60. The van der Waals surface area contributed by atoms with Gasteiger partial charge in [-0.1, -0.05) is 12.1 Å². The highest BCUT2D eigenvalue weighted by atomic mass is 19.3. The van der Waals surface area contributed by atoms with Crippen LogP contribution in [0.2, 0.25) is 0 Å². The molecule has 2 aliphatic rings. The van der Waals surface area contributed by atoms with E-state index in [0.717, 1.165) is 22.4 Å². The molecule has 4 nitrogen and oxygen atoms in total. The zero-order chi connectivity index (χ0) is 19.3. The van der Waals surface area contributed by atoms with Crippen LogP contribution in [-0.4, -0.2) is 22.9 Å². The van der Waals surface area contributed by atoms with E-state index in [1.807, 2.05) is 24.3 Å². The molecule has 0 spiro atoms. The lowest BCUT2D eigenvalue weighted by molar-refractivity contribution is -0.123. The second kappa shape index (κ2) is 6.29. The Morgan fingerprint density at radius 1 is 1.11 bits per heavy atom. The molecular formula is C21H22F2N2O2. The molecule has 2 aromatic rings. The smallest absolute Gasteiger partial charge is 0.253 e. The summed E-state index contributed by atoms with van der Waals surface area (Å²) in [5.41, 5.74) is 4.28. The van der Waals surface area contributed by atoms with Crippen molar-refractivity contribution in [3.8, 4) is 11.1 Å². The van der Waals surface area contributed by atoms with Gasteiger partial charge in [-0.2, -0.15) is 0 Å². The van der Waals surface area contributed by atoms with Gasteiger partial charge in [0.1, 0.15) is 0 Å². The number of hydrogen-bond acceptors (Lipinski definition) is 2. The Balaban J connectivity index is 1.69. The minimum Gasteiger partial charge on any atom is -0.318 e. The number of aryl methyl sites for hydroxylation is 3. The number of aromatic nitrogens is 1. The van der Waals surface area contributed by atoms with Crippen molar-refractivity contribution in [2.75, 3.05) is 11.4 Å². The number of pyridine rings is 1. The third kappa shape index (κ3) is 3.29. The second-order valence-electron chi connectivity index (χ2n) is 7.81. The van der Waals surface area contributed by atoms with Gasteiger partial charge in [-0.25, -0.2) is 8.78 Å². The summed E-state index contributed by atoms with van der Waals surface area (Å²) in [5.74, 6) is -2.74. The fraction of sp³-hybridized carbons (Fsp3) is 0.429. The van der Waals surface area contributed by atoms with Crippen LogP contribution in [0.3, 0.4) is 0 Å². The highest BCUT2D eigenvalue weighted by Gasteiger charge is 2.46. The van der Waals surface area contributed by atoms with Gasteiger partial charge >= 0.3 is 0 Å². The Bertz CT molecular complexity index is 946. The summed E-state index contributed by atoms with van der Waals surface area (Å²) in [6.07, 6.45) is 2.56. The third-order valence-electron chi connectivity index (χ3n) is 5.60. The topological polar surface area (TPSA) is 42.3 Å². The molecule has 0 atom stereocenters. The fourth-order valence-corrected chi connectivity index (χ4v) is 4.12. The van der Waals surface area contributed by atoms with Crippen molar-refractivity contribution in [2.45, 2.75) is 38.5 Å². The van der Waals surface area contributed by atoms with Crippen LogP contribution in [0.5, 0.6) is 0 Å². The first-order valence-electron chi connectivity index (χ1n) is 9.22. The maximum Gasteiger partial charge on any atom is 0.253 e. The molecule has 0 N–H and O–H groups in total. The zero-order valence-corrected chi connectivity index (χ0v) is 15.5. The number of hydrogen-bond donors (Lipinski definition) is 0. The molecule has 4 rings (SSSR count). The van der Waals surface area contributed by atoms with Crippen LogP contribution < -0.4 is 10.5 Å². The molecule has 0 radical (unpaired) electrons. The van der Waals surface area contributed by atoms with Crippen LogP contribution in [-0.2, 0) is 18.3 Å². The second-order valence-corrected chi connectivity index (χ2v) is 7.81. The Morgan fingerprint density at radius 3 is 2.52 bits per heavy atom. The van der Waals surface area contributed by atoms with Gasteiger partial charge in [-0.05, 0) is 48.1 Å². The molecule has 27 heavy (non-hydrogen) atoms. The van der Waals surface area contributed by atoms with Gasteiger partial charge in [-0.3, -0.25) is 9.59 Å². The molecule has 0 unspecified atom stereocenters. The van der Waals surface area contributed by atoms with Gasteiger partial charge in [0, 0.05) is 50.3 Å². The molecular weight excluding hydrogens is 350 g/mol. The van der Waals surface area contributed by atoms with Gasteiger partial charge in [0.15, 0.2) is 0 Å². The number of carbonyl (C=O) groups excluding carboxylic acids is 1. The monoisotopic (exact) mass is 372 g/mol. The van der Waals surface area contributed by atoms with Crippen LogP contribution >= 0.6 is 0 Å². The van der Waals surface area contributed by atoms with Gasteiger partial charge in [0.25, 0.3) is 5.56 Å². The summed E-state index contributed by atoms with van der Waals surface area (Å²) in [5, 5.41) is 0. The number of carbonyl (C=O) groups is 1. The molecule has 2 heterocycles. The minimum absolute atomic E-state index is 0.00786. The number of amides is 1. The predicted molar refractivity (Wildman–Crippen MR) is 100 cm³/mol. The number of rotatable bonds is 3. The molecule has 1 fully saturated rings. The van der Waals surface area contributed by atoms with E-state index >= 15 is 0 Å². The average molecular weight is 372 g/mol. The van der Waals surface area contributed by atoms with E-state index in [1.165, 1.54) is 0 Å². The van der Waals surface area contributed by atoms with Gasteiger partial charge < -0.3 is 9.47 Å². The first-order valence-corrected chi connectivity index (χ1v) is 9.22. The SMILES string of the molecule is Cc1cc(-c2ccc3c(c2)N(CC2CC(F)(F)C2)C(=O)CC3)cn(C)c1=O. The first kappa shape index (κ1) is 17.9. The van der Waals surface area contributed by atoms with Crippen molar-refractivity contribution >= 4 is 11.6 Å². The molecule has 1 amide bonds. The minimum atomic E-state index is -2.58. The van der Waals surface area contributed by atoms with Crippen molar-refractivity contribution in [2.24, 2.45) is 13.0 Å². The highest BCUT2D eigenvalue weighted by Crippen LogP contribution is 2.44. The molecule has 0 saturated heterocycles. The largest absolute Gasteiger partial charge is 0.318 e. The molecule has 142 valence electrons. The molecule has 0 bridgehead atoms. The van der Waals surface area contributed by atoms with Crippen molar-refractivity contribution in [3.63, 3.8) is 0 Å². The number of alkyl halides is 2. The summed E-state index contributed by atoms with van der Waals surface area (Å²) >= 11 is 0.